The van der Waals surface area contributed by atoms with Crippen LogP contribution < -0.4 is 5.43 Å². The van der Waals surface area contributed by atoms with Crippen molar-refractivity contribution in [2.45, 2.75) is 34.2 Å². The molecule has 1 amide bonds. The summed E-state index contributed by atoms with van der Waals surface area (Å²) in [5.41, 5.74) is 11.5. The average molecular weight is 460 g/mol. The number of hydrazone groups is 1. The van der Waals surface area contributed by atoms with Crippen molar-refractivity contribution in [1.82, 2.24) is 9.99 Å². The summed E-state index contributed by atoms with van der Waals surface area (Å²) < 4.78 is 2.25. The van der Waals surface area contributed by atoms with Crippen molar-refractivity contribution < 1.29 is 9.90 Å². The Labute approximate surface area is 198 Å². The van der Waals surface area contributed by atoms with E-state index in [1.165, 1.54) is 46.0 Å². The van der Waals surface area contributed by atoms with Crippen LogP contribution in [0.15, 0.2) is 59.8 Å². The summed E-state index contributed by atoms with van der Waals surface area (Å²) >= 11 is 5.88. The highest BCUT2D eigenvalue weighted by Crippen LogP contribution is 2.26. The van der Waals surface area contributed by atoms with Gasteiger partial charge in [-0.15, -0.1) is 0 Å². The van der Waals surface area contributed by atoms with E-state index in [-0.39, 0.29) is 10.8 Å². The highest BCUT2D eigenvalue weighted by atomic mass is 35.5. The molecule has 0 saturated heterocycles. The first-order valence-corrected chi connectivity index (χ1v) is 11.1. The topological polar surface area (TPSA) is 66.6 Å². The van der Waals surface area contributed by atoms with Gasteiger partial charge in [0.05, 0.1) is 11.2 Å². The number of nitrogens with one attached hydrogen (secondary N) is 1. The number of nitrogens with zero attached hydrogens (tertiary/aromatic N) is 2. The monoisotopic (exact) mass is 459 g/mol. The van der Waals surface area contributed by atoms with Crippen LogP contribution in [0.2, 0.25) is 5.02 Å². The molecule has 0 fully saturated rings. The van der Waals surface area contributed by atoms with Crippen LogP contribution in [-0.2, 0) is 6.54 Å². The molecule has 0 spiro atoms. The third-order valence-electron chi connectivity index (χ3n) is 6.28. The quantitative estimate of drug-likeness (QED) is 0.282. The molecular weight excluding hydrogens is 434 g/mol. The molecule has 2 N–H and O–H groups in total. The van der Waals surface area contributed by atoms with Gasteiger partial charge in [-0.25, -0.2) is 5.43 Å². The highest BCUT2D eigenvalue weighted by molar-refractivity contribution is 6.32. The standard InChI is InChI=1S/C27H26ClN3O2/c1-16-12-17(2)19(4)23(18(16)3)15-31-11-10-22-21(6-5-7-25(22)31)14-29-30-27(33)20-8-9-26(32)24(28)13-20/h5-14,32H,15H2,1-4H3,(H,30,33)/b29-14+. The van der Waals surface area contributed by atoms with Crippen LogP contribution in [0.5, 0.6) is 5.75 Å². The molecular formula is C27H26ClN3O2. The van der Waals surface area contributed by atoms with E-state index >= 15 is 0 Å². The minimum Gasteiger partial charge on any atom is -0.506 e. The number of carbonyl (C=O) groups excluding carboxylic acids is 1. The zero-order valence-electron chi connectivity index (χ0n) is 19.1. The molecule has 0 aliphatic rings. The molecule has 33 heavy (non-hydrogen) atoms. The van der Waals surface area contributed by atoms with Gasteiger partial charge in [0.15, 0.2) is 0 Å². The minimum absolute atomic E-state index is 0.0703. The molecule has 0 aliphatic carbocycles. The number of aryl methyl sites for hydroxylation is 2. The zero-order chi connectivity index (χ0) is 23.7. The number of hydrogen-bond donors (Lipinski definition) is 2. The SMILES string of the molecule is Cc1cc(C)c(C)c(Cn2ccc3c(/C=N/NC(=O)c4ccc(O)c(Cl)c4)cccc32)c1C. The number of phenols is 1. The molecule has 1 heterocycles. The number of fused-ring (bicyclic) bond motifs is 1. The van der Waals surface area contributed by atoms with E-state index in [2.05, 4.69) is 67.2 Å². The van der Waals surface area contributed by atoms with Crippen molar-refractivity contribution in [2.75, 3.05) is 0 Å². The minimum atomic E-state index is -0.404. The van der Waals surface area contributed by atoms with Crippen LogP contribution in [0.3, 0.4) is 0 Å². The molecule has 0 unspecified atom stereocenters. The van der Waals surface area contributed by atoms with Crippen LogP contribution in [0.1, 0.15) is 43.7 Å². The molecule has 3 aromatic carbocycles. The third kappa shape index (κ3) is 4.50. The second kappa shape index (κ2) is 9.12. The summed E-state index contributed by atoms with van der Waals surface area (Å²) in [6.45, 7) is 9.49. The lowest BCUT2D eigenvalue weighted by molar-refractivity contribution is 0.0955. The van der Waals surface area contributed by atoms with Crippen LogP contribution in [0.4, 0.5) is 0 Å². The van der Waals surface area contributed by atoms with Crippen molar-refractivity contribution in [2.24, 2.45) is 5.10 Å². The molecule has 5 nitrogen and oxygen atoms in total. The lowest BCUT2D eigenvalue weighted by Crippen LogP contribution is -2.17. The van der Waals surface area contributed by atoms with Gasteiger partial charge in [-0.1, -0.05) is 29.8 Å². The first kappa shape index (κ1) is 22.6. The Hall–Kier alpha value is -3.57. The number of phenolic OH excluding ortho intramolecular Hbond substituents is 1. The molecule has 4 rings (SSSR count). The van der Waals surface area contributed by atoms with Gasteiger partial charge >= 0.3 is 0 Å². The Balaban J connectivity index is 1.58. The number of carbonyl (C=O) groups is 1. The lowest BCUT2D eigenvalue weighted by atomic mass is 9.94. The normalized spacial score (nSPS) is 11.4. The van der Waals surface area contributed by atoms with E-state index in [4.69, 9.17) is 11.6 Å². The molecule has 0 aliphatic heterocycles. The van der Waals surface area contributed by atoms with E-state index in [9.17, 15) is 9.90 Å². The Kier molecular flexibility index (Phi) is 6.25. The van der Waals surface area contributed by atoms with E-state index in [1.807, 2.05) is 12.1 Å². The number of aromatic nitrogens is 1. The van der Waals surface area contributed by atoms with Crippen molar-refractivity contribution in [3.63, 3.8) is 0 Å². The highest BCUT2D eigenvalue weighted by Gasteiger charge is 2.12. The summed E-state index contributed by atoms with van der Waals surface area (Å²) in [7, 11) is 0. The van der Waals surface area contributed by atoms with Gasteiger partial charge in [0.1, 0.15) is 5.75 Å². The maximum absolute atomic E-state index is 12.3. The number of benzene rings is 3. The maximum Gasteiger partial charge on any atom is 0.271 e. The predicted octanol–water partition coefficient (Wildman–Crippen LogP) is 6.05. The number of aromatic hydroxyl groups is 1. The number of hydrogen-bond acceptors (Lipinski definition) is 3. The fraction of sp³-hybridized carbons (Fsp3) is 0.185. The first-order valence-electron chi connectivity index (χ1n) is 10.7. The van der Waals surface area contributed by atoms with Gasteiger partial charge in [0, 0.05) is 34.8 Å². The smallest absolute Gasteiger partial charge is 0.271 e. The van der Waals surface area contributed by atoms with E-state index in [1.54, 1.807) is 6.21 Å². The first-order chi connectivity index (χ1) is 15.8. The molecule has 6 heteroatoms. The molecule has 168 valence electrons. The van der Waals surface area contributed by atoms with E-state index in [0.29, 0.717) is 5.56 Å². The summed E-state index contributed by atoms with van der Waals surface area (Å²) in [6, 6.07) is 14.6. The van der Waals surface area contributed by atoms with Gasteiger partial charge in [-0.05, 0) is 85.8 Å². The van der Waals surface area contributed by atoms with E-state index in [0.717, 1.165) is 23.0 Å². The number of amides is 1. The Morgan fingerprint density at radius 3 is 2.48 bits per heavy atom. The van der Waals surface area contributed by atoms with Gasteiger partial charge in [-0.2, -0.15) is 5.10 Å². The second-order valence-corrected chi connectivity index (χ2v) is 8.74. The van der Waals surface area contributed by atoms with Crippen molar-refractivity contribution >= 4 is 34.6 Å². The van der Waals surface area contributed by atoms with Gasteiger partial charge < -0.3 is 9.67 Å². The Bertz CT molecular complexity index is 1380. The fourth-order valence-electron chi connectivity index (χ4n) is 4.08. The lowest BCUT2D eigenvalue weighted by Gasteiger charge is -2.16. The van der Waals surface area contributed by atoms with Crippen LogP contribution >= 0.6 is 11.6 Å². The summed E-state index contributed by atoms with van der Waals surface area (Å²) in [5.74, 6) is -0.474. The maximum atomic E-state index is 12.3. The summed E-state index contributed by atoms with van der Waals surface area (Å²) in [4.78, 5) is 12.3. The Morgan fingerprint density at radius 2 is 1.79 bits per heavy atom. The molecule has 0 radical (unpaired) electrons. The summed E-state index contributed by atoms with van der Waals surface area (Å²) in [6.07, 6.45) is 3.73. The van der Waals surface area contributed by atoms with Crippen molar-refractivity contribution in [1.29, 1.82) is 0 Å². The van der Waals surface area contributed by atoms with Crippen LogP contribution in [0, 0.1) is 27.7 Å². The van der Waals surface area contributed by atoms with Crippen LogP contribution in [-0.4, -0.2) is 21.8 Å². The van der Waals surface area contributed by atoms with Crippen molar-refractivity contribution in [3.05, 3.63) is 98.7 Å². The fourth-order valence-corrected chi connectivity index (χ4v) is 4.26. The van der Waals surface area contributed by atoms with Crippen molar-refractivity contribution in [3.8, 4) is 5.75 Å². The Morgan fingerprint density at radius 1 is 1.06 bits per heavy atom. The number of halogens is 1. The number of rotatable bonds is 5. The molecule has 4 aromatic rings. The van der Waals surface area contributed by atoms with Gasteiger partial charge in [-0.3, -0.25) is 4.79 Å². The van der Waals surface area contributed by atoms with E-state index < -0.39 is 5.91 Å². The third-order valence-corrected chi connectivity index (χ3v) is 6.58. The molecule has 0 atom stereocenters. The zero-order valence-corrected chi connectivity index (χ0v) is 19.9. The van der Waals surface area contributed by atoms with Gasteiger partial charge in [0.25, 0.3) is 5.91 Å². The van der Waals surface area contributed by atoms with Gasteiger partial charge in [0.2, 0.25) is 0 Å². The summed E-state index contributed by atoms with van der Waals surface area (Å²) in [5, 5.41) is 14.8. The van der Waals surface area contributed by atoms with Crippen LogP contribution in [0.25, 0.3) is 10.9 Å². The molecule has 1 aromatic heterocycles. The predicted molar refractivity (Wildman–Crippen MR) is 135 cm³/mol. The molecule has 0 bridgehead atoms. The largest absolute Gasteiger partial charge is 0.506 e. The molecule has 0 saturated carbocycles. The second-order valence-electron chi connectivity index (χ2n) is 8.33. The average Bonchev–Trinajstić information content (AvgIpc) is 3.21.